The SMILES string of the molecule is CCCC1Cc2c(c(C)c3c(C)c(C)cc(C)c3c2C)C1. The molecule has 112 valence electrons. The summed E-state index contributed by atoms with van der Waals surface area (Å²) in [4.78, 5) is 0. The number of benzene rings is 2. The Balaban J connectivity index is 2.33. The van der Waals surface area contributed by atoms with Crippen molar-refractivity contribution in [2.45, 2.75) is 67.2 Å². The standard InChI is InChI=1S/C21H28/c1-7-8-17-10-18-15(5)20-13(3)9-12(2)14(4)21(20)16(6)19(18)11-17/h9,17H,7-8,10-11H2,1-6H3. The normalized spacial score (nSPS) is 17.5. The van der Waals surface area contributed by atoms with E-state index in [1.165, 1.54) is 47.8 Å². The maximum absolute atomic E-state index is 2.37. The molecule has 1 aliphatic carbocycles. The molecule has 3 rings (SSSR count). The third-order valence-electron chi connectivity index (χ3n) is 5.75. The van der Waals surface area contributed by atoms with Gasteiger partial charge in [0.15, 0.2) is 0 Å². The predicted molar refractivity (Wildman–Crippen MR) is 93.4 cm³/mol. The molecule has 2 aromatic carbocycles. The van der Waals surface area contributed by atoms with Crippen LogP contribution in [0.5, 0.6) is 0 Å². The van der Waals surface area contributed by atoms with E-state index in [1.54, 1.807) is 27.6 Å². The molecule has 0 amide bonds. The zero-order valence-electron chi connectivity index (χ0n) is 14.5. The molecule has 1 atom stereocenters. The van der Waals surface area contributed by atoms with Gasteiger partial charge in [-0.15, -0.1) is 0 Å². The van der Waals surface area contributed by atoms with Crippen molar-refractivity contribution in [3.63, 3.8) is 0 Å². The first-order chi connectivity index (χ1) is 9.95. The Labute approximate surface area is 129 Å². The van der Waals surface area contributed by atoms with Crippen LogP contribution in [0, 0.1) is 40.5 Å². The summed E-state index contributed by atoms with van der Waals surface area (Å²) in [5, 5.41) is 3.08. The van der Waals surface area contributed by atoms with E-state index in [-0.39, 0.29) is 0 Å². The Morgan fingerprint density at radius 3 is 1.95 bits per heavy atom. The lowest BCUT2D eigenvalue weighted by Gasteiger charge is -2.19. The van der Waals surface area contributed by atoms with Gasteiger partial charge in [-0.2, -0.15) is 0 Å². The summed E-state index contributed by atoms with van der Waals surface area (Å²) in [5.41, 5.74) is 10.8. The van der Waals surface area contributed by atoms with E-state index in [2.05, 4.69) is 47.6 Å². The van der Waals surface area contributed by atoms with Gasteiger partial charge in [0.2, 0.25) is 0 Å². The van der Waals surface area contributed by atoms with Crippen molar-refractivity contribution in [2.75, 3.05) is 0 Å². The zero-order valence-corrected chi connectivity index (χ0v) is 14.5. The molecule has 0 aliphatic heterocycles. The maximum Gasteiger partial charge on any atom is -0.0115 e. The molecule has 0 bridgehead atoms. The van der Waals surface area contributed by atoms with Crippen LogP contribution in [-0.4, -0.2) is 0 Å². The highest BCUT2D eigenvalue weighted by atomic mass is 14.3. The van der Waals surface area contributed by atoms with Crippen LogP contribution in [0.25, 0.3) is 10.8 Å². The van der Waals surface area contributed by atoms with Crippen molar-refractivity contribution in [1.82, 2.24) is 0 Å². The summed E-state index contributed by atoms with van der Waals surface area (Å²) >= 11 is 0. The first kappa shape index (κ1) is 14.6. The van der Waals surface area contributed by atoms with Crippen LogP contribution >= 0.6 is 0 Å². The molecular weight excluding hydrogens is 252 g/mol. The fraction of sp³-hybridized carbons (Fsp3) is 0.524. The summed E-state index contributed by atoms with van der Waals surface area (Å²) < 4.78 is 0. The largest absolute Gasteiger partial charge is 0.0654 e. The molecular formula is C21H28. The predicted octanol–water partition coefficient (Wildman–Crippen LogP) is 5.90. The molecule has 1 aliphatic rings. The highest BCUT2D eigenvalue weighted by molar-refractivity contribution is 5.96. The second-order valence-electron chi connectivity index (χ2n) is 7.16. The van der Waals surface area contributed by atoms with Gasteiger partial charge in [-0.1, -0.05) is 25.8 Å². The number of rotatable bonds is 2. The fourth-order valence-electron chi connectivity index (χ4n) is 4.61. The van der Waals surface area contributed by atoms with Crippen LogP contribution in [0.2, 0.25) is 0 Å². The van der Waals surface area contributed by atoms with Gasteiger partial charge < -0.3 is 0 Å². The Kier molecular flexibility index (Phi) is 3.59. The van der Waals surface area contributed by atoms with Crippen LogP contribution in [0.15, 0.2) is 6.07 Å². The quantitative estimate of drug-likeness (QED) is 0.642. The summed E-state index contributed by atoms with van der Waals surface area (Å²) in [5.74, 6) is 0.876. The Morgan fingerprint density at radius 2 is 1.38 bits per heavy atom. The van der Waals surface area contributed by atoms with E-state index < -0.39 is 0 Å². The molecule has 0 N–H and O–H groups in total. The second kappa shape index (κ2) is 5.16. The molecule has 0 nitrogen and oxygen atoms in total. The van der Waals surface area contributed by atoms with Crippen molar-refractivity contribution >= 4 is 10.8 Å². The first-order valence-corrected chi connectivity index (χ1v) is 8.47. The molecule has 0 fully saturated rings. The molecule has 0 heterocycles. The van der Waals surface area contributed by atoms with E-state index in [9.17, 15) is 0 Å². The Bertz CT molecular complexity index is 719. The van der Waals surface area contributed by atoms with Crippen molar-refractivity contribution in [2.24, 2.45) is 5.92 Å². The minimum absolute atomic E-state index is 0.876. The van der Waals surface area contributed by atoms with Crippen molar-refractivity contribution in [3.05, 3.63) is 45.0 Å². The molecule has 0 aromatic heterocycles. The molecule has 2 aromatic rings. The van der Waals surface area contributed by atoms with Gasteiger partial charge in [0.25, 0.3) is 0 Å². The monoisotopic (exact) mass is 280 g/mol. The minimum Gasteiger partial charge on any atom is -0.0654 e. The van der Waals surface area contributed by atoms with Crippen LogP contribution in [0.3, 0.4) is 0 Å². The number of aryl methyl sites for hydroxylation is 5. The lowest BCUT2D eigenvalue weighted by molar-refractivity contribution is 0.506. The van der Waals surface area contributed by atoms with Gasteiger partial charge in [-0.3, -0.25) is 0 Å². The molecule has 0 radical (unpaired) electrons. The maximum atomic E-state index is 2.37. The van der Waals surface area contributed by atoms with Crippen molar-refractivity contribution in [1.29, 1.82) is 0 Å². The Morgan fingerprint density at radius 1 is 0.810 bits per heavy atom. The van der Waals surface area contributed by atoms with Gasteiger partial charge in [-0.25, -0.2) is 0 Å². The number of fused-ring (bicyclic) bond motifs is 2. The van der Waals surface area contributed by atoms with E-state index >= 15 is 0 Å². The Hall–Kier alpha value is -1.30. The van der Waals surface area contributed by atoms with Crippen LogP contribution < -0.4 is 0 Å². The molecule has 21 heavy (non-hydrogen) atoms. The topological polar surface area (TPSA) is 0 Å². The number of hydrogen-bond acceptors (Lipinski definition) is 0. The summed E-state index contributed by atoms with van der Waals surface area (Å²) in [6.07, 6.45) is 5.30. The number of hydrogen-bond donors (Lipinski definition) is 0. The third-order valence-corrected chi connectivity index (χ3v) is 5.75. The summed E-state index contributed by atoms with van der Waals surface area (Å²) in [7, 11) is 0. The molecule has 0 spiro atoms. The minimum atomic E-state index is 0.876. The van der Waals surface area contributed by atoms with E-state index in [0.29, 0.717) is 0 Å². The van der Waals surface area contributed by atoms with Gasteiger partial charge in [0.05, 0.1) is 0 Å². The highest BCUT2D eigenvalue weighted by Gasteiger charge is 2.26. The van der Waals surface area contributed by atoms with E-state index in [4.69, 9.17) is 0 Å². The smallest absolute Gasteiger partial charge is 0.0115 e. The summed E-state index contributed by atoms with van der Waals surface area (Å²) in [6, 6.07) is 2.37. The van der Waals surface area contributed by atoms with Crippen LogP contribution in [-0.2, 0) is 12.8 Å². The third kappa shape index (κ3) is 2.11. The molecule has 0 saturated carbocycles. The van der Waals surface area contributed by atoms with Crippen molar-refractivity contribution in [3.8, 4) is 0 Å². The van der Waals surface area contributed by atoms with Crippen LogP contribution in [0.4, 0.5) is 0 Å². The molecule has 0 heteroatoms. The molecule has 0 saturated heterocycles. The summed E-state index contributed by atoms with van der Waals surface area (Å²) in [6.45, 7) is 13.9. The second-order valence-corrected chi connectivity index (χ2v) is 7.16. The van der Waals surface area contributed by atoms with E-state index in [1.807, 2.05) is 0 Å². The first-order valence-electron chi connectivity index (χ1n) is 8.47. The highest BCUT2D eigenvalue weighted by Crippen LogP contribution is 2.41. The average molecular weight is 280 g/mol. The fourth-order valence-corrected chi connectivity index (χ4v) is 4.61. The zero-order chi connectivity index (χ0) is 15.3. The van der Waals surface area contributed by atoms with Gasteiger partial charge in [0.1, 0.15) is 0 Å². The van der Waals surface area contributed by atoms with Crippen molar-refractivity contribution < 1.29 is 0 Å². The lowest BCUT2D eigenvalue weighted by Crippen LogP contribution is -1.99. The van der Waals surface area contributed by atoms with Gasteiger partial charge in [-0.05, 0) is 103 Å². The van der Waals surface area contributed by atoms with Crippen LogP contribution in [0.1, 0.15) is 58.7 Å². The van der Waals surface area contributed by atoms with Gasteiger partial charge >= 0.3 is 0 Å². The molecule has 1 unspecified atom stereocenters. The van der Waals surface area contributed by atoms with E-state index in [0.717, 1.165) is 5.92 Å². The average Bonchev–Trinajstić information content (AvgIpc) is 2.85. The van der Waals surface area contributed by atoms with Gasteiger partial charge in [0, 0.05) is 0 Å². The lowest BCUT2D eigenvalue weighted by atomic mass is 9.86.